The molecule has 1 aromatic carbocycles. The highest BCUT2D eigenvalue weighted by atomic mass is 79.9. The van der Waals surface area contributed by atoms with Crippen LogP contribution in [0.15, 0.2) is 22.7 Å². The minimum atomic E-state index is -0.361. The summed E-state index contributed by atoms with van der Waals surface area (Å²) >= 11 is 3.23. The van der Waals surface area contributed by atoms with Crippen LogP contribution in [0.2, 0.25) is 0 Å². The zero-order valence-corrected chi connectivity index (χ0v) is 11.0. The van der Waals surface area contributed by atoms with Crippen molar-refractivity contribution in [3.05, 3.63) is 34.1 Å². The van der Waals surface area contributed by atoms with E-state index in [1.54, 1.807) is 12.1 Å². The van der Waals surface area contributed by atoms with Crippen molar-refractivity contribution in [3.8, 4) is 0 Å². The van der Waals surface area contributed by atoms with E-state index in [0.29, 0.717) is 5.56 Å². The molecule has 0 spiro atoms. The summed E-state index contributed by atoms with van der Waals surface area (Å²) in [6.07, 6.45) is 0.359. The Hall–Kier alpha value is -1.23. The highest BCUT2D eigenvalue weighted by Gasteiger charge is 2.06. The number of ketones is 1. The Morgan fingerprint density at radius 1 is 1.35 bits per heavy atom. The second-order valence-corrected chi connectivity index (χ2v) is 4.63. The van der Waals surface area contributed by atoms with E-state index in [1.165, 1.54) is 13.0 Å². The van der Waals surface area contributed by atoms with Gasteiger partial charge in [-0.2, -0.15) is 0 Å². The lowest BCUT2D eigenvalue weighted by Crippen LogP contribution is -2.23. The molecule has 0 bridgehead atoms. The van der Waals surface area contributed by atoms with Crippen molar-refractivity contribution in [1.82, 2.24) is 5.32 Å². The SMILES string of the molecule is CC(=O)CCC(=O)NCc1cc(Br)ccc1F. The molecular weight excluding hydrogens is 289 g/mol. The molecule has 17 heavy (non-hydrogen) atoms. The van der Waals surface area contributed by atoms with Crippen molar-refractivity contribution in [3.63, 3.8) is 0 Å². The Balaban J connectivity index is 2.47. The summed E-state index contributed by atoms with van der Waals surface area (Å²) in [5.74, 6) is -0.645. The smallest absolute Gasteiger partial charge is 0.220 e. The van der Waals surface area contributed by atoms with Gasteiger partial charge in [0.2, 0.25) is 5.91 Å². The van der Waals surface area contributed by atoms with Crippen LogP contribution in [0.4, 0.5) is 4.39 Å². The highest BCUT2D eigenvalue weighted by molar-refractivity contribution is 9.10. The summed E-state index contributed by atoms with van der Waals surface area (Å²) in [4.78, 5) is 22.0. The normalized spacial score (nSPS) is 10.1. The number of benzene rings is 1. The van der Waals surface area contributed by atoms with Crippen LogP contribution in [0.5, 0.6) is 0 Å². The lowest BCUT2D eigenvalue weighted by Gasteiger charge is -2.06. The third-order valence-corrected chi connectivity index (χ3v) is 2.68. The second-order valence-electron chi connectivity index (χ2n) is 3.71. The van der Waals surface area contributed by atoms with Crippen LogP contribution >= 0.6 is 15.9 Å². The van der Waals surface area contributed by atoms with Gasteiger partial charge in [0.15, 0.2) is 0 Å². The molecule has 3 nitrogen and oxygen atoms in total. The summed E-state index contributed by atoms with van der Waals surface area (Å²) in [5, 5.41) is 2.57. The van der Waals surface area contributed by atoms with Crippen molar-refractivity contribution < 1.29 is 14.0 Å². The maximum atomic E-state index is 13.3. The van der Waals surface area contributed by atoms with Gasteiger partial charge >= 0.3 is 0 Å². The number of rotatable bonds is 5. The number of carbonyl (C=O) groups excluding carboxylic acids is 2. The fourth-order valence-corrected chi connectivity index (χ4v) is 1.66. The molecule has 5 heteroatoms. The molecule has 0 aliphatic heterocycles. The first-order valence-electron chi connectivity index (χ1n) is 5.19. The maximum Gasteiger partial charge on any atom is 0.220 e. The van der Waals surface area contributed by atoms with Gasteiger partial charge in [-0.3, -0.25) is 4.79 Å². The minimum absolute atomic E-state index is 0.0335. The average Bonchev–Trinajstić information content (AvgIpc) is 2.27. The molecule has 0 saturated heterocycles. The molecule has 0 atom stereocenters. The summed E-state index contributed by atoms with van der Waals surface area (Å²) in [6, 6.07) is 4.54. The third-order valence-electron chi connectivity index (χ3n) is 2.19. The van der Waals surface area contributed by atoms with Crippen LogP contribution in [0.25, 0.3) is 0 Å². The summed E-state index contributed by atoms with van der Waals surface area (Å²) in [7, 11) is 0. The predicted molar refractivity (Wildman–Crippen MR) is 65.9 cm³/mol. The quantitative estimate of drug-likeness (QED) is 0.908. The van der Waals surface area contributed by atoms with E-state index >= 15 is 0 Å². The van der Waals surface area contributed by atoms with Crippen molar-refractivity contribution in [2.45, 2.75) is 26.3 Å². The standard InChI is InChI=1S/C12H13BrFNO2/c1-8(16)2-5-12(17)15-7-9-6-10(13)3-4-11(9)14/h3-4,6H,2,5,7H2,1H3,(H,15,17). The van der Waals surface area contributed by atoms with E-state index in [0.717, 1.165) is 4.47 Å². The number of Topliss-reactive ketones (excluding diaryl/α,β-unsaturated/α-hetero) is 1. The number of hydrogen-bond donors (Lipinski definition) is 1. The first kappa shape index (κ1) is 13.8. The summed E-state index contributed by atoms with van der Waals surface area (Å²) in [6.45, 7) is 1.56. The van der Waals surface area contributed by atoms with Crippen molar-refractivity contribution in [1.29, 1.82) is 0 Å². The van der Waals surface area contributed by atoms with E-state index in [9.17, 15) is 14.0 Å². The minimum Gasteiger partial charge on any atom is -0.352 e. The van der Waals surface area contributed by atoms with Crippen LogP contribution in [-0.4, -0.2) is 11.7 Å². The number of hydrogen-bond acceptors (Lipinski definition) is 2. The van der Waals surface area contributed by atoms with Gasteiger partial charge < -0.3 is 10.1 Å². The van der Waals surface area contributed by atoms with E-state index in [4.69, 9.17) is 0 Å². The Bertz CT molecular complexity index is 435. The van der Waals surface area contributed by atoms with Crippen LogP contribution in [-0.2, 0) is 16.1 Å². The third kappa shape index (κ3) is 5.08. The number of carbonyl (C=O) groups is 2. The second kappa shape index (κ2) is 6.49. The number of nitrogens with one attached hydrogen (secondary N) is 1. The van der Waals surface area contributed by atoms with Gasteiger partial charge in [-0.05, 0) is 25.1 Å². The number of amides is 1. The molecule has 1 amide bonds. The zero-order chi connectivity index (χ0) is 12.8. The molecule has 92 valence electrons. The molecule has 1 aromatic rings. The van der Waals surface area contributed by atoms with Crippen LogP contribution in [0.3, 0.4) is 0 Å². The summed E-state index contributed by atoms with van der Waals surface area (Å²) < 4.78 is 14.1. The molecule has 0 unspecified atom stereocenters. The lowest BCUT2D eigenvalue weighted by molar-refractivity contribution is -0.124. The van der Waals surface area contributed by atoms with Crippen molar-refractivity contribution >= 4 is 27.6 Å². The molecule has 0 saturated carbocycles. The molecule has 1 N–H and O–H groups in total. The largest absolute Gasteiger partial charge is 0.352 e. The molecule has 1 rings (SSSR count). The lowest BCUT2D eigenvalue weighted by atomic mass is 10.2. The number of halogens is 2. The molecule has 0 radical (unpaired) electrons. The van der Waals surface area contributed by atoms with Gasteiger partial charge in [0.25, 0.3) is 0 Å². The van der Waals surface area contributed by atoms with E-state index in [1.807, 2.05) is 0 Å². The Morgan fingerprint density at radius 2 is 2.06 bits per heavy atom. The van der Waals surface area contributed by atoms with Gasteiger partial charge in [0.1, 0.15) is 11.6 Å². The van der Waals surface area contributed by atoms with Gasteiger partial charge in [-0.25, -0.2) is 4.39 Å². The topological polar surface area (TPSA) is 46.2 Å². The molecular formula is C12H13BrFNO2. The molecule has 0 aliphatic carbocycles. The first-order valence-corrected chi connectivity index (χ1v) is 5.98. The molecule has 0 aromatic heterocycles. The molecule has 0 aliphatic rings. The van der Waals surface area contributed by atoms with Crippen LogP contribution in [0.1, 0.15) is 25.3 Å². The van der Waals surface area contributed by atoms with E-state index in [-0.39, 0.29) is 36.9 Å². The highest BCUT2D eigenvalue weighted by Crippen LogP contribution is 2.15. The fourth-order valence-electron chi connectivity index (χ4n) is 1.25. The van der Waals surface area contributed by atoms with Crippen LogP contribution < -0.4 is 5.32 Å². The predicted octanol–water partition coefficient (Wildman–Crippen LogP) is 2.57. The maximum absolute atomic E-state index is 13.3. The fraction of sp³-hybridized carbons (Fsp3) is 0.333. The van der Waals surface area contributed by atoms with Crippen molar-refractivity contribution in [2.75, 3.05) is 0 Å². The zero-order valence-electron chi connectivity index (χ0n) is 9.43. The van der Waals surface area contributed by atoms with Gasteiger partial charge in [0, 0.05) is 29.4 Å². The van der Waals surface area contributed by atoms with Gasteiger partial charge in [-0.1, -0.05) is 15.9 Å². The van der Waals surface area contributed by atoms with Crippen LogP contribution in [0, 0.1) is 5.82 Å². The van der Waals surface area contributed by atoms with E-state index < -0.39 is 0 Å². The monoisotopic (exact) mass is 301 g/mol. The Kier molecular flexibility index (Phi) is 5.28. The first-order chi connectivity index (χ1) is 7.99. The summed E-state index contributed by atoms with van der Waals surface area (Å²) in [5.41, 5.74) is 0.413. The van der Waals surface area contributed by atoms with Gasteiger partial charge in [0.05, 0.1) is 0 Å². The van der Waals surface area contributed by atoms with E-state index in [2.05, 4.69) is 21.2 Å². The van der Waals surface area contributed by atoms with Gasteiger partial charge in [-0.15, -0.1) is 0 Å². The Labute approximate surface area is 108 Å². The van der Waals surface area contributed by atoms with Crippen molar-refractivity contribution in [2.24, 2.45) is 0 Å². The molecule has 0 fully saturated rings. The Morgan fingerprint density at radius 3 is 2.71 bits per heavy atom. The molecule has 0 heterocycles. The average molecular weight is 302 g/mol.